The first-order valence-electron chi connectivity index (χ1n) is 8.27. The van der Waals surface area contributed by atoms with Crippen molar-refractivity contribution >= 4 is 34.0 Å². The van der Waals surface area contributed by atoms with Crippen molar-refractivity contribution in [3.63, 3.8) is 0 Å². The van der Waals surface area contributed by atoms with Gasteiger partial charge in [0.2, 0.25) is 0 Å². The van der Waals surface area contributed by atoms with Gasteiger partial charge in [0.25, 0.3) is 0 Å². The van der Waals surface area contributed by atoms with E-state index >= 15 is 0 Å². The number of nitrogens with zero attached hydrogens (tertiary/aromatic N) is 2. The number of hydrogen-bond donors (Lipinski definition) is 0. The van der Waals surface area contributed by atoms with Gasteiger partial charge in [0, 0.05) is 12.8 Å². The summed E-state index contributed by atoms with van der Waals surface area (Å²) >= 11 is 7.56. The lowest BCUT2D eigenvalue weighted by atomic mass is 10.1. The number of hydrogen-bond acceptors (Lipinski definition) is 3. The molecule has 0 bridgehead atoms. The molecule has 0 saturated carbocycles. The van der Waals surface area contributed by atoms with Crippen molar-refractivity contribution in [2.75, 3.05) is 0 Å². The van der Waals surface area contributed by atoms with Crippen LogP contribution in [0.3, 0.4) is 0 Å². The molecule has 0 fully saturated rings. The maximum absolute atomic E-state index is 5.72. The van der Waals surface area contributed by atoms with Crippen LogP contribution in [0, 0.1) is 5.92 Å². The highest BCUT2D eigenvalue weighted by atomic mass is 32.2. The van der Waals surface area contributed by atoms with E-state index in [0.29, 0.717) is 11.3 Å². The summed E-state index contributed by atoms with van der Waals surface area (Å²) in [4.78, 5) is 0.899. The molecule has 2 nitrogen and oxygen atoms in total. The second-order valence-electron chi connectivity index (χ2n) is 6.31. The molecule has 1 aliphatic heterocycles. The summed E-state index contributed by atoms with van der Waals surface area (Å²) in [5.74, 6) is 0.487. The predicted molar refractivity (Wildman–Crippen MR) is 108 cm³/mol. The average Bonchev–Trinajstić information content (AvgIpc) is 3.01. The highest BCUT2D eigenvalue weighted by Gasteiger charge is 2.32. The van der Waals surface area contributed by atoms with Crippen LogP contribution in [0.2, 0.25) is 0 Å². The largest absolute Gasteiger partial charge is 0.244 e. The molecule has 2 aromatic carbocycles. The van der Waals surface area contributed by atoms with Gasteiger partial charge in [0.1, 0.15) is 15.4 Å². The maximum atomic E-state index is 5.72. The summed E-state index contributed by atoms with van der Waals surface area (Å²) in [6, 6.07) is 20.9. The van der Waals surface area contributed by atoms with E-state index in [-0.39, 0.29) is 0 Å². The van der Waals surface area contributed by atoms with Gasteiger partial charge in [0.15, 0.2) is 0 Å². The van der Waals surface area contributed by atoms with E-state index in [0.717, 1.165) is 22.9 Å². The van der Waals surface area contributed by atoms with Gasteiger partial charge in [-0.05, 0) is 17.0 Å². The molecule has 1 atom stereocenters. The van der Waals surface area contributed by atoms with Crippen LogP contribution in [0.25, 0.3) is 0 Å². The van der Waals surface area contributed by atoms with Gasteiger partial charge in [-0.2, -0.15) is 5.10 Å². The van der Waals surface area contributed by atoms with Gasteiger partial charge in [0.05, 0.1) is 0 Å². The smallest absolute Gasteiger partial charge is 0.106 e. The minimum absolute atomic E-state index is 0.292. The highest BCUT2D eigenvalue weighted by Crippen LogP contribution is 2.33. The first-order chi connectivity index (χ1) is 11.6. The van der Waals surface area contributed by atoms with E-state index < -0.39 is 0 Å². The SMILES string of the molecule is CC(C)C1SC(Cc2ccccc2)=NN1C(=S)Cc1ccccc1. The number of rotatable bonds is 5. The van der Waals surface area contributed by atoms with Crippen molar-refractivity contribution in [2.24, 2.45) is 11.0 Å². The molecule has 0 radical (unpaired) electrons. The number of thiocarbonyl (C=S) groups is 1. The summed E-state index contributed by atoms with van der Waals surface area (Å²) in [6.45, 7) is 4.47. The van der Waals surface area contributed by atoms with Crippen molar-refractivity contribution in [2.45, 2.75) is 32.1 Å². The first-order valence-corrected chi connectivity index (χ1v) is 9.56. The van der Waals surface area contributed by atoms with E-state index in [4.69, 9.17) is 17.3 Å². The Morgan fingerprint density at radius 1 is 1.04 bits per heavy atom. The summed E-state index contributed by atoms with van der Waals surface area (Å²) in [6.07, 6.45) is 1.64. The third-order valence-electron chi connectivity index (χ3n) is 3.94. The molecule has 124 valence electrons. The molecule has 1 heterocycles. The second kappa shape index (κ2) is 7.95. The van der Waals surface area contributed by atoms with Crippen LogP contribution >= 0.6 is 24.0 Å². The zero-order valence-electron chi connectivity index (χ0n) is 14.1. The average molecular weight is 355 g/mol. The molecule has 3 rings (SSSR count). The maximum Gasteiger partial charge on any atom is 0.106 e. The Morgan fingerprint density at radius 3 is 2.21 bits per heavy atom. The van der Waals surface area contributed by atoms with Crippen molar-refractivity contribution in [1.29, 1.82) is 0 Å². The monoisotopic (exact) mass is 354 g/mol. The molecule has 1 unspecified atom stereocenters. The van der Waals surface area contributed by atoms with E-state index in [9.17, 15) is 0 Å². The minimum Gasteiger partial charge on any atom is -0.244 e. The second-order valence-corrected chi connectivity index (χ2v) is 7.97. The van der Waals surface area contributed by atoms with Crippen LogP contribution in [0.1, 0.15) is 25.0 Å². The summed E-state index contributed by atoms with van der Waals surface area (Å²) < 4.78 is 0. The Hall–Kier alpha value is -1.65. The van der Waals surface area contributed by atoms with Gasteiger partial charge in [-0.15, -0.1) is 0 Å². The zero-order valence-corrected chi connectivity index (χ0v) is 15.7. The van der Waals surface area contributed by atoms with Crippen LogP contribution in [0.15, 0.2) is 65.8 Å². The Morgan fingerprint density at radius 2 is 1.62 bits per heavy atom. The molecule has 0 amide bonds. The van der Waals surface area contributed by atoms with E-state index in [2.05, 4.69) is 67.4 Å². The highest BCUT2D eigenvalue weighted by molar-refractivity contribution is 8.14. The Kier molecular flexibility index (Phi) is 5.69. The molecule has 0 aliphatic carbocycles. The van der Waals surface area contributed by atoms with Crippen LogP contribution in [-0.2, 0) is 12.8 Å². The number of benzene rings is 2. The Balaban J connectivity index is 1.74. The van der Waals surface area contributed by atoms with Crippen molar-refractivity contribution in [3.8, 4) is 0 Å². The van der Waals surface area contributed by atoms with Gasteiger partial charge < -0.3 is 0 Å². The topological polar surface area (TPSA) is 15.6 Å². The normalized spacial score (nSPS) is 17.2. The van der Waals surface area contributed by atoms with Gasteiger partial charge >= 0.3 is 0 Å². The van der Waals surface area contributed by atoms with E-state index in [1.165, 1.54) is 11.1 Å². The molecular weight excluding hydrogens is 332 g/mol. The quantitative estimate of drug-likeness (QED) is 0.691. The molecular formula is C20H22N2S2. The Labute approximate surface area is 154 Å². The van der Waals surface area contributed by atoms with E-state index in [1.807, 2.05) is 23.9 Å². The molecule has 0 N–H and O–H groups in total. The molecule has 4 heteroatoms. The van der Waals surface area contributed by atoms with E-state index in [1.54, 1.807) is 0 Å². The minimum atomic E-state index is 0.292. The van der Waals surface area contributed by atoms with Crippen molar-refractivity contribution in [3.05, 3.63) is 71.8 Å². The fourth-order valence-electron chi connectivity index (χ4n) is 2.71. The van der Waals surface area contributed by atoms with Crippen LogP contribution in [-0.4, -0.2) is 20.4 Å². The third-order valence-corrected chi connectivity index (χ3v) is 5.75. The fourth-order valence-corrected chi connectivity index (χ4v) is 4.30. The standard InChI is InChI=1S/C20H22N2S2/c1-15(2)20-22(19(23)14-17-11-7-4-8-12-17)21-18(24-20)13-16-9-5-3-6-10-16/h3-12,15,20H,13-14H2,1-2H3. The summed E-state index contributed by atoms with van der Waals surface area (Å²) in [7, 11) is 0. The van der Waals surface area contributed by atoms with Gasteiger partial charge in [-0.1, -0.05) is 98.5 Å². The van der Waals surface area contributed by atoms with Crippen LogP contribution in [0.5, 0.6) is 0 Å². The zero-order chi connectivity index (χ0) is 16.9. The Bertz CT molecular complexity index is 711. The van der Waals surface area contributed by atoms with Crippen LogP contribution < -0.4 is 0 Å². The molecule has 0 spiro atoms. The van der Waals surface area contributed by atoms with Gasteiger partial charge in [-0.25, -0.2) is 5.01 Å². The van der Waals surface area contributed by atoms with Crippen molar-refractivity contribution in [1.82, 2.24) is 5.01 Å². The molecule has 24 heavy (non-hydrogen) atoms. The molecule has 1 aliphatic rings. The lowest BCUT2D eigenvalue weighted by molar-refractivity contribution is 0.358. The first kappa shape index (κ1) is 17.2. The predicted octanol–water partition coefficient (Wildman–Crippen LogP) is 5.14. The molecule has 0 aromatic heterocycles. The lowest BCUT2D eigenvalue weighted by Gasteiger charge is -2.26. The van der Waals surface area contributed by atoms with Crippen molar-refractivity contribution < 1.29 is 0 Å². The third kappa shape index (κ3) is 4.25. The van der Waals surface area contributed by atoms with Gasteiger partial charge in [-0.3, -0.25) is 0 Å². The lowest BCUT2D eigenvalue weighted by Crippen LogP contribution is -2.34. The fraction of sp³-hybridized carbons (Fsp3) is 0.300. The van der Waals surface area contributed by atoms with Crippen LogP contribution in [0.4, 0.5) is 0 Å². The number of thioether (sulfide) groups is 1. The molecule has 2 aromatic rings. The molecule has 0 saturated heterocycles. The summed E-state index contributed by atoms with van der Waals surface area (Å²) in [5.41, 5.74) is 2.53. The summed E-state index contributed by atoms with van der Waals surface area (Å²) in [5, 5.41) is 8.36. The number of hydrazone groups is 1.